The predicted octanol–water partition coefficient (Wildman–Crippen LogP) is 2.12. The van der Waals surface area contributed by atoms with Crippen molar-refractivity contribution < 1.29 is 0 Å². The van der Waals surface area contributed by atoms with E-state index in [0.29, 0.717) is 0 Å². The van der Waals surface area contributed by atoms with Crippen LogP contribution >= 0.6 is 11.6 Å². The molecule has 92 valence electrons. The molecule has 17 heavy (non-hydrogen) atoms. The Morgan fingerprint density at radius 2 is 2.35 bits per heavy atom. The van der Waals surface area contributed by atoms with Gasteiger partial charge in [0.2, 0.25) is 0 Å². The van der Waals surface area contributed by atoms with Gasteiger partial charge in [0.1, 0.15) is 0 Å². The number of nitrogens with zero attached hydrogens (tertiary/aromatic N) is 4. The number of halogens is 1. The average molecular weight is 253 g/mol. The third-order valence-corrected chi connectivity index (χ3v) is 3.81. The van der Waals surface area contributed by atoms with Crippen LogP contribution in [-0.4, -0.2) is 27.8 Å². The largest absolute Gasteiger partial charge is 0.296 e. The molecule has 1 aliphatic heterocycles. The normalized spacial score (nSPS) is 21.4. The van der Waals surface area contributed by atoms with Crippen molar-refractivity contribution >= 4 is 11.6 Å². The van der Waals surface area contributed by atoms with Crippen molar-refractivity contribution in [3.8, 4) is 6.07 Å². The third kappa shape index (κ3) is 2.62. The molecule has 2 rings (SSSR count). The maximum absolute atomic E-state index is 8.97. The zero-order valence-electron chi connectivity index (χ0n) is 10.3. The van der Waals surface area contributed by atoms with Crippen LogP contribution < -0.4 is 0 Å². The minimum atomic E-state index is 0.164. The van der Waals surface area contributed by atoms with E-state index in [1.165, 1.54) is 0 Å². The van der Waals surface area contributed by atoms with Crippen LogP contribution in [0, 0.1) is 24.2 Å². The van der Waals surface area contributed by atoms with Gasteiger partial charge in [-0.25, -0.2) is 0 Å². The Balaban J connectivity index is 2.08. The topological polar surface area (TPSA) is 44.9 Å². The monoisotopic (exact) mass is 252 g/mol. The molecule has 0 amide bonds. The first-order valence-corrected chi connectivity index (χ1v) is 6.29. The van der Waals surface area contributed by atoms with Gasteiger partial charge in [-0.2, -0.15) is 10.4 Å². The number of piperidine rings is 1. The quantitative estimate of drug-likeness (QED) is 0.810. The molecule has 2 heterocycles. The predicted molar refractivity (Wildman–Crippen MR) is 66.6 cm³/mol. The van der Waals surface area contributed by atoms with Crippen LogP contribution in [-0.2, 0) is 13.6 Å². The van der Waals surface area contributed by atoms with E-state index < -0.39 is 0 Å². The number of likely N-dealkylation sites (tertiary alicyclic amines) is 1. The molecule has 0 radical (unpaired) electrons. The zero-order chi connectivity index (χ0) is 12.4. The Hall–Kier alpha value is -1.05. The fourth-order valence-electron chi connectivity index (χ4n) is 2.37. The van der Waals surface area contributed by atoms with E-state index >= 15 is 0 Å². The Morgan fingerprint density at radius 3 is 2.94 bits per heavy atom. The van der Waals surface area contributed by atoms with Crippen LogP contribution in [0.5, 0.6) is 0 Å². The average Bonchev–Trinajstić information content (AvgIpc) is 2.56. The van der Waals surface area contributed by atoms with E-state index in [1.54, 1.807) is 0 Å². The molecule has 0 spiro atoms. The summed E-state index contributed by atoms with van der Waals surface area (Å²) in [6, 6.07) is 2.36. The standard InChI is InChI=1S/C12H17ClN4/c1-9-12(13)11(16(2)15-9)8-17-5-3-4-10(6-14)7-17/h10H,3-5,7-8H2,1-2H3. The Labute approximate surface area is 107 Å². The highest BCUT2D eigenvalue weighted by atomic mass is 35.5. The van der Waals surface area contributed by atoms with Gasteiger partial charge < -0.3 is 0 Å². The summed E-state index contributed by atoms with van der Waals surface area (Å²) < 4.78 is 1.84. The lowest BCUT2D eigenvalue weighted by Gasteiger charge is -2.29. The first kappa shape index (κ1) is 12.4. The lowest BCUT2D eigenvalue weighted by Crippen LogP contribution is -2.34. The SMILES string of the molecule is Cc1nn(C)c(CN2CCCC(C#N)C2)c1Cl. The molecule has 0 saturated carbocycles. The third-order valence-electron chi connectivity index (χ3n) is 3.32. The Bertz CT molecular complexity index is 446. The van der Waals surface area contributed by atoms with Gasteiger partial charge in [-0.1, -0.05) is 11.6 Å². The molecule has 1 atom stereocenters. The van der Waals surface area contributed by atoms with Gasteiger partial charge in [0.05, 0.1) is 28.4 Å². The lowest BCUT2D eigenvalue weighted by molar-refractivity contribution is 0.188. The molecule has 1 aromatic rings. The smallest absolute Gasteiger partial charge is 0.0860 e. The molecule has 5 heteroatoms. The molecule has 0 aromatic carbocycles. The molecule has 0 bridgehead atoms. The summed E-state index contributed by atoms with van der Waals surface area (Å²) in [6.07, 6.45) is 2.11. The highest BCUT2D eigenvalue weighted by molar-refractivity contribution is 6.31. The van der Waals surface area contributed by atoms with Crippen molar-refractivity contribution in [1.29, 1.82) is 5.26 Å². The minimum absolute atomic E-state index is 0.164. The summed E-state index contributed by atoms with van der Waals surface area (Å²) in [7, 11) is 1.92. The van der Waals surface area contributed by atoms with Crippen molar-refractivity contribution in [2.24, 2.45) is 13.0 Å². The van der Waals surface area contributed by atoms with Crippen LogP contribution in [0.2, 0.25) is 5.02 Å². The summed E-state index contributed by atoms with van der Waals surface area (Å²) in [6.45, 7) is 4.59. The highest BCUT2D eigenvalue weighted by Crippen LogP contribution is 2.23. The molecular formula is C12H17ClN4. The second-order valence-corrected chi connectivity index (χ2v) is 5.05. The molecule has 1 aliphatic rings. The summed E-state index contributed by atoms with van der Waals surface area (Å²) in [5, 5.41) is 14.0. The Morgan fingerprint density at radius 1 is 1.59 bits per heavy atom. The molecule has 4 nitrogen and oxygen atoms in total. The van der Waals surface area contributed by atoms with Gasteiger partial charge in [-0.15, -0.1) is 0 Å². The number of hydrogen-bond acceptors (Lipinski definition) is 3. The van der Waals surface area contributed by atoms with Gasteiger partial charge >= 0.3 is 0 Å². The van der Waals surface area contributed by atoms with Crippen LogP contribution in [0.1, 0.15) is 24.2 Å². The number of aromatic nitrogens is 2. The van der Waals surface area contributed by atoms with Crippen molar-refractivity contribution in [3.63, 3.8) is 0 Å². The molecule has 1 unspecified atom stereocenters. The van der Waals surface area contributed by atoms with Crippen molar-refractivity contribution in [2.45, 2.75) is 26.3 Å². The number of rotatable bonds is 2. The first-order valence-electron chi connectivity index (χ1n) is 5.91. The second kappa shape index (κ2) is 5.07. The number of hydrogen-bond donors (Lipinski definition) is 0. The summed E-state index contributed by atoms with van der Waals surface area (Å²) in [5.74, 6) is 0.164. The van der Waals surface area contributed by atoms with Crippen molar-refractivity contribution in [3.05, 3.63) is 16.4 Å². The summed E-state index contributed by atoms with van der Waals surface area (Å²) in [4.78, 5) is 2.29. The van der Waals surface area contributed by atoms with Gasteiger partial charge in [-0.3, -0.25) is 9.58 Å². The van der Waals surface area contributed by atoms with Crippen LogP contribution in [0.25, 0.3) is 0 Å². The molecule has 1 fully saturated rings. The van der Waals surface area contributed by atoms with Crippen LogP contribution in [0.4, 0.5) is 0 Å². The van der Waals surface area contributed by atoms with E-state index in [4.69, 9.17) is 16.9 Å². The first-order chi connectivity index (χ1) is 8.11. The fraction of sp³-hybridized carbons (Fsp3) is 0.667. The molecule has 0 N–H and O–H groups in total. The van der Waals surface area contributed by atoms with Crippen LogP contribution in [0.3, 0.4) is 0 Å². The van der Waals surface area contributed by atoms with Gasteiger partial charge in [0.15, 0.2) is 0 Å². The molecular weight excluding hydrogens is 236 g/mol. The maximum atomic E-state index is 8.97. The summed E-state index contributed by atoms with van der Waals surface area (Å²) in [5.41, 5.74) is 1.92. The van der Waals surface area contributed by atoms with Gasteiger partial charge in [-0.05, 0) is 26.3 Å². The zero-order valence-corrected chi connectivity index (χ0v) is 11.0. The van der Waals surface area contributed by atoms with E-state index in [1.807, 2.05) is 18.7 Å². The van der Waals surface area contributed by atoms with Gasteiger partial charge in [0.25, 0.3) is 0 Å². The molecule has 1 saturated heterocycles. The van der Waals surface area contributed by atoms with Crippen LogP contribution in [0.15, 0.2) is 0 Å². The second-order valence-electron chi connectivity index (χ2n) is 4.67. The lowest BCUT2D eigenvalue weighted by atomic mass is 10.00. The molecule has 0 aliphatic carbocycles. The maximum Gasteiger partial charge on any atom is 0.0860 e. The van der Waals surface area contributed by atoms with E-state index in [-0.39, 0.29) is 5.92 Å². The van der Waals surface area contributed by atoms with Crippen molar-refractivity contribution in [1.82, 2.24) is 14.7 Å². The highest BCUT2D eigenvalue weighted by Gasteiger charge is 2.22. The van der Waals surface area contributed by atoms with Crippen molar-refractivity contribution in [2.75, 3.05) is 13.1 Å². The van der Waals surface area contributed by atoms with Gasteiger partial charge in [0, 0.05) is 20.1 Å². The molecule has 1 aromatic heterocycles. The van der Waals surface area contributed by atoms with E-state index in [9.17, 15) is 0 Å². The fourth-order valence-corrected chi connectivity index (χ4v) is 2.59. The van der Waals surface area contributed by atoms with E-state index in [2.05, 4.69) is 16.1 Å². The van der Waals surface area contributed by atoms with E-state index in [0.717, 1.165) is 48.9 Å². The summed E-state index contributed by atoms with van der Waals surface area (Å²) >= 11 is 6.23. The number of aryl methyl sites for hydroxylation is 2. The Kier molecular flexibility index (Phi) is 3.70. The number of nitriles is 1. The minimum Gasteiger partial charge on any atom is -0.296 e.